The van der Waals surface area contributed by atoms with Crippen LogP contribution in [-0.4, -0.2) is 32.8 Å². The summed E-state index contributed by atoms with van der Waals surface area (Å²) in [5, 5.41) is 7.59. The predicted molar refractivity (Wildman–Crippen MR) is 132 cm³/mol. The van der Waals surface area contributed by atoms with Gasteiger partial charge in [-0.25, -0.2) is 14.6 Å². The molecule has 2 heterocycles. The fraction of sp³-hybridized carbons (Fsp3) is 0.259. The SMILES string of the molecule is COc1ccccc1C1(C(=O)Nc2ccc(Oc3cc(-n4nc(C)c(C)c4C)ncn3)cc2)CC1. The van der Waals surface area contributed by atoms with Crippen LogP contribution in [0, 0.1) is 20.8 Å². The first-order valence-electron chi connectivity index (χ1n) is 11.5. The smallest absolute Gasteiger partial charge is 0.235 e. The highest BCUT2D eigenvalue weighted by Gasteiger charge is 2.52. The molecule has 2 aromatic heterocycles. The van der Waals surface area contributed by atoms with Gasteiger partial charge in [0.1, 0.15) is 17.8 Å². The van der Waals surface area contributed by atoms with Gasteiger partial charge in [-0.2, -0.15) is 5.10 Å². The van der Waals surface area contributed by atoms with Gasteiger partial charge in [0.25, 0.3) is 0 Å². The molecule has 1 N–H and O–H groups in total. The van der Waals surface area contributed by atoms with Gasteiger partial charge in [0.15, 0.2) is 5.82 Å². The average molecular weight is 470 g/mol. The molecule has 35 heavy (non-hydrogen) atoms. The van der Waals surface area contributed by atoms with E-state index in [1.807, 2.05) is 57.2 Å². The molecule has 1 aliphatic carbocycles. The third kappa shape index (κ3) is 4.23. The molecule has 1 fully saturated rings. The Bertz CT molecular complexity index is 1390. The number of benzene rings is 2. The number of carbonyl (C=O) groups excluding carboxylic acids is 1. The monoisotopic (exact) mass is 469 g/mol. The van der Waals surface area contributed by atoms with E-state index in [9.17, 15) is 4.79 Å². The Labute approximate surface area is 204 Å². The lowest BCUT2D eigenvalue weighted by Crippen LogP contribution is -2.28. The fourth-order valence-corrected chi connectivity index (χ4v) is 4.21. The number of anilines is 1. The number of hydrogen-bond acceptors (Lipinski definition) is 6. The standard InChI is InChI=1S/C27H27N5O3/c1-17-18(2)31-32(19(17)3)24-15-25(29-16-28-24)35-21-11-9-20(10-12-21)30-26(33)27(13-14-27)22-7-5-6-8-23(22)34-4/h5-12,15-16H,13-14H2,1-4H3,(H,30,33). The zero-order valence-electron chi connectivity index (χ0n) is 20.2. The number of hydrogen-bond donors (Lipinski definition) is 1. The third-order valence-electron chi connectivity index (χ3n) is 6.64. The Balaban J connectivity index is 1.29. The number of methoxy groups -OCH3 is 1. The third-order valence-corrected chi connectivity index (χ3v) is 6.64. The largest absolute Gasteiger partial charge is 0.496 e. The Kier molecular flexibility index (Phi) is 5.72. The molecule has 5 rings (SSSR count). The second kappa shape index (κ2) is 8.87. The maximum atomic E-state index is 13.1. The van der Waals surface area contributed by atoms with Crippen LogP contribution in [0.3, 0.4) is 0 Å². The molecule has 0 spiro atoms. The average Bonchev–Trinajstić information content (AvgIpc) is 3.65. The van der Waals surface area contributed by atoms with E-state index in [-0.39, 0.29) is 5.91 Å². The summed E-state index contributed by atoms with van der Waals surface area (Å²) < 4.78 is 13.2. The molecule has 0 aliphatic heterocycles. The van der Waals surface area contributed by atoms with E-state index in [2.05, 4.69) is 20.4 Å². The quantitative estimate of drug-likeness (QED) is 0.407. The fourth-order valence-electron chi connectivity index (χ4n) is 4.21. The lowest BCUT2D eigenvalue weighted by molar-refractivity contribution is -0.118. The van der Waals surface area contributed by atoms with Crippen molar-refractivity contribution in [3.8, 4) is 23.2 Å². The van der Waals surface area contributed by atoms with Crippen LogP contribution >= 0.6 is 0 Å². The van der Waals surface area contributed by atoms with Gasteiger partial charge in [-0.1, -0.05) is 18.2 Å². The second-order valence-electron chi connectivity index (χ2n) is 8.79. The van der Waals surface area contributed by atoms with E-state index < -0.39 is 5.41 Å². The maximum Gasteiger partial charge on any atom is 0.235 e. The summed E-state index contributed by atoms with van der Waals surface area (Å²) in [7, 11) is 1.63. The van der Waals surface area contributed by atoms with Gasteiger partial charge in [-0.05, 0) is 69.5 Å². The number of aryl methyl sites for hydroxylation is 1. The van der Waals surface area contributed by atoms with Crippen LogP contribution in [0.25, 0.3) is 5.82 Å². The van der Waals surface area contributed by atoms with Gasteiger partial charge in [0, 0.05) is 23.0 Å². The minimum Gasteiger partial charge on any atom is -0.496 e. The number of ether oxygens (including phenoxy) is 2. The molecule has 1 amide bonds. The number of amides is 1. The van der Waals surface area contributed by atoms with Crippen LogP contribution in [0.2, 0.25) is 0 Å². The normalized spacial score (nSPS) is 13.8. The van der Waals surface area contributed by atoms with Crippen molar-refractivity contribution in [2.24, 2.45) is 0 Å². The topological polar surface area (TPSA) is 91.2 Å². The predicted octanol–water partition coefficient (Wildman–Crippen LogP) is 5.06. The molecular weight excluding hydrogens is 442 g/mol. The van der Waals surface area contributed by atoms with Crippen molar-refractivity contribution in [3.05, 3.63) is 83.4 Å². The highest BCUT2D eigenvalue weighted by atomic mass is 16.5. The van der Waals surface area contributed by atoms with E-state index in [4.69, 9.17) is 9.47 Å². The molecule has 0 saturated heterocycles. The molecule has 0 radical (unpaired) electrons. The van der Waals surface area contributed by atoms with Crippen molar-refractivity contribution < 1.29 is 14.3 Å². The summed E-state index contributed by atoms with van der Waals surface area (Å²) in [4.78, 5) is 21.7. The summed E-state index contributed by atoms with van der Waals surface area (Å²) in [6.07, 6.45) is 3.05. The van der Waals surface area contributed by atoms with Crippen molar-refractivity contribution in [2.75, 3.05) is 12.4 Å². The van der Waals surface area contributed by atoms with Gasteiger partial charge in [-0.15, -0.1) is 0 Å². The number of rotatable bonds is 7. The van der Waals surface area contributed by atoms with Crippen LogP contribution in [0.5, 0.6) is 17.4 Å². The van der Waals surface area contributed by atoms with Gasteiger partial charge >= 0.3 is 0 Å². The molecule has 8 heteroatoms. The van der Waals surface area contributed by atoms with E-state index >= 15 is 0 Å². The van der Waals surface area contributed by atoms with Crippen LogP contribution in [0.1, 0.15) is 35.4 Å². The van der Waals surface area contributed by atoms with Crippen molar-refractivity contribution in [1.29, 1.82) is 0 Å². The van der Waals surface area contributed by atoms with Crippen LogP contribution in [0.15, 0.2) is 60.9 Å². The summed E-state index contributed by atoms with van der Waals surface area (Å²) >= 11 is 0. The van der Waals surface area contributed by atoms with E-state index in [1.165, 1.54) is 6.33 Å². The number of nitrogens with zero attached hydrogens (tertiary/aromatic N) is 4. The summed E-state index contributed by atoms with van der Waals surface area (Å²) in [5.74, 6) is 2.35. The number of aromatic nitrogens is 4. The first-order chi connectivity index (χ1) is 16.9. The molecule has 178 valence electrons. The highest BCUT2D eigenvalue weighted by molar-refractivity contribution is 6.01. The van der Waals surface area contributed by atoms with E-state index in [0.717, 1.165) is 41.1 Å². The Morgan fingerprint density at radius 1 is 1.03 bits per heavy atom. The Hall–Kier alpha value is -4.20. The zero-order valence-corrected chi connectivity index (χ0v) is 20.2. The van der Waals surface area contributed by atoms with Crippen LogP contribution in [0.4, 0.5) is 5.69 Å². The van der Waals surface area contributed by atoms with Gasteiger partial charge in [-0.3, -0.25) is 4.79 Å². The molecule has 2 aromatic carbocycles. The number of nitrogens with one attached hydrogen (secondary N) is 1. The Morgan fingerprint density at radius 3 is 2.43 bits per heavy atom. The first kappa shape index (κ1) is 22.6. The van der Waals surface area contributed by atoms with E-state index in [0.29, 0.717) is 23.1 Å². The molecule has 4 aromatic rings. The van der Waals surface area contributed by atoms with Gasteiger partial charge < -0.3 is 14.8 Å². The van der Waals surface area contributed by atoms with Crippen LogP contribution in [-0.2, 0) is 10.2 Å². The molecule has 1 saturated carbocycles. The minimum absolute atomic E-state index is 0.0312. The lowest BCUT2D eigenvalue weighted by atomic mass is 9.94. The molecule has 0 atom stereocenters. The Morgan fingerprint density at radius 2 is 1.77 bits per heavy atom. The molecule has 8 nitrogen and oxygen atoms in total. The first-order valence-corrected chi connectivity index (χ1v) is 11.5. The molecular formula is C27H27N5O3. The molecule has 0 bridgehead atoms. The van der Waals surface area contributed by atoms with E-state index in [1.54, 1.807) is 30.0 Å². The highest BCUT2D eigenvalue weighted by Crippen LogP contribution is 2.52. The summed E-state index contributed by atoms with van der Waals surface area (Å²) in [5.41, 5.74) is 4.19. The molecule has 1 aliphatic rings. The minimum atomic E-state index is -0.541. The van der Waals surface area contributed by atoms with Crippen molar-refractivity contribution in [2.45, 2.75) is 39.0 Å². The van der Waals surface area contributed by atoms with Crippen molar-refractivity contribution in [3.63, 3.8) is 0 Å². The number of carbonyl (C=O) groups is 1. The van der Waals surface area contributed by atoms with Crippen molar-refractivity contribution in [1.82, 2.24) is 19.7 Å². The summed E-state index contributed by atoms with van der Waals surface area (Å²) in [6.45, 7) is 6.01. The van der Waals surface area contributed by atoms with Gasteiger partial charge in [0.2, 0.25) is 11.8 Å². The maximum absolute atomic E-state index is 13.1. The zero-order chi connectivity index (χ0) is 24.6. The lowest BCUT2D eigenvalue weighted by Gasteiger charge is -2.18. The second-order valence-corrected chi connectivity index (χ2v) is 8.79. The molecule has 0 unspecified atom stereocenters. The van der Waals surface area contributed by atoms with Gasteiger partial charge in [0.05, 0.1) is 18.2 Å². The number of para-hydroxylation sites is 1. The van der Waals surface area contributed by atoms with Crippen LogP contribution < -0.4 is 14.8 Å². The summed E-state index contributed by atoms with van der Waals surface area (Å²) in [6, 6.07) is 16.7. The van der Waals surface area contributed by atoms with Crippen molar-refractivity contribution >= 4 is 11.6 Å².